The number of benzene rings is 3. The molecule has 232 valence electrons. The third-order valence-electron chi connectivity index (χ3n) is 5.34. The Labute approximate surface area is 229 Å². The Bertz CT molecular complexity index is 1510. The first kappa shape index (κ1) is 32.6. The average molecular weight is 658 g/mol. The monoisotopic (exact) mass is 658 g/mol. The summed E-state index contributed by atoms with van der Waals surface area (Å²) in [5.41, 5.74) is 0. The minimum atomic E-state index is -7.85. The van der Waals surface area contributed by atoms with Crippen LogP contribution in [0, 0.1) is 0 Å². The molecule has 0 heterocycles. The number of aromatic hydroxyl groups is 6. The Hall–Kier alpha value is -3.91. The first-order valence-electron chi connectivity index (χ1n) is 10.5. The van der Waals surface area contributed by atoms with E-state index in [9.17, 15) is 78.6 Å². The zero-order chi connectivity index (χ0) is 32.3. The van der Waals surface area contributed by atoms with Gasteiger partial charge in [-0.25, -0.2) is 3.63 Å². The van der Waals surface area contributed by atoms with Crippen molar-refractivity contribution in [3.63, 3.8) is 0 Å². The average Bonchev–Trinajstić information content (AvgIpc) is 2.81. The maximum absolute atomic E-state index is 14.9. The van der Waals surface area contributed by atoms with Crippen molar-refractivity contribution >= 4 is 20.4 Å². The van der Waals surface area contributed by atoms with Crippen LogP contribution in [0.15, 0.2) is 69.3 Å². The highest BCUT2D eigenvalue weighted by molar-refractivity contribution is 8.33. The van der Waals surface area contributed by atoms with Gasteiger partial charge in [0.2, 0.25) is 0 Å². The van der Waals surface area contributed by atoms with Crippen LogP contribution in [0.25, 0.3) is 0 Å². The molecule has 0 atom stereocenters. The van der Waals surface area contributed by atoms with Gasteiger partial charge in [0.05, 0.1) is 0 Å². The Morgan fingerprint density at radius 3 is 1.26 bits per heavy atom. The summed E-state index contributed by atoms with van der Waals surface area (Å²) in [6.07, 6.45) is -7.43. The first-order chi connectivity index (χ1) is 19.0. The van der Waals surface area contributed by atoms with Gasteiger partial charge >= 0.3 is 33.4 Å². The molecular weight excluding hydrogens is 643 g/mol. The summed E-state index contributed by atoms with van der Waals surface area (Å²) in [6, 6.07) is 5.64. The van der Waals surface area contributed by atoms with E-state index < -0.39 is 92.9 Å². The van der Waals surface area contributed by atoms with Gasteiger partial charge < -0.3 is 30.6 Å². The third-order valence-corrected chi connectivity index (χ3v) is 10.7. The molecule has 20 heteroatoms. The smallest absolute Gasteiger partial charge is 0.460 e. The molecule has 0 aliphatic rings. The van der Waals surface area contributed by atoms with Crippen LogP contribution in [-0.2, 0) is 13.7 Å². The normalized spacial score (nSPS) is 14.1. The summed E-state index contributed by atoms with van der Waals surface area (Å²) < 4.78 is 153. The van der Waals surface area contributed by atoms with E-state index in [0.717, 1.165) is 18.2 Å². The van der Waals surface area contributed by atoms with Gasteiger partial charge in [-0.2, -0.15) is 47.9 Å². The van der Waals surface area contributed by atoms with E-state index in [1.807, 2.05) is 0 Å². The lowest BCUT2D eigenvalue weighted by molar-refractivity contribution is -0.382. The van der Waals surface area contributed by atoms with E-state index in [0.29, 0.717) is 12.1 Å². The zero-order valence-corrected chi connectivity index (χ0v) is 21.5. The van der Waals surface area contributed by atoms with Gasteiger partial charge in [-0.15, -0.1) is 0 Å². The number of hydrogen-bond acceptors (Lipinski definition) is 9. The number of halogens is 9. The molecule has 0 unspecified atom stereocenters. The highest BCUT2D eigenvalue weighted by Crippen LogP contribution is 2.78. The van der Waals surface area contributed by atoms with Crippen LogP contribution < -0.4 is 0 Å². The molecule has 9 nitrogen and oxygen atoms in total. The van der Waals surface area contributed by atoms with Crippen molar-refractivity contribution in [3.8, 4) is 34.5 Å². The second-order valence-corrected chi connectivity index (χ2v) is 12.5. The summed E-state index contributed by atoms with van der Waals surface area (Å²) in [4.78, 5) is -3.87. The van der Waals surface area contributed by atoms with E-state index in [-0.39, 0.29) is 24.3 Å². The van der Waals surface area contributed by atoms with Crippen molar-refractivity contribution in [1.29, 1.82) is 0 Å². The van der Waals surface area contributed by atoms with E-state index in [2.05, 4.69) is 3.63 Å². The van der Waals surface area contributed by atoms with E-state index >= 15 is 0 Å². The summed E-state index contributed by atoms with van der Waals surface area (Å²) in [5.74, 6) is -23.5. The standard InChI is InChI=1S/C22H15F9O9S2/c23-19(24,21(27,28)29)20(25,26)22(30,31)42(38,39)40-41(12-4-2-1-3-5-12,17-13(34)6-10(32)7-14(17)35)18-15(36)8-11(33)9-16(18)37/h1-9,32-37H. The molecule has 0 aliphatic carbocycles. The van der Waals surface area contributed by atoms with E-state index in [1.54, 1.807) is 0 Å². The zero-order valence-electron chi connectivity index (χ0n) is 19.8. The van der Waals surface area contributed by atoms with Gasteiger partial charge in [-0.3, -0.25) is 0 Å². The number of hydrogen-bond donors (Lipinski definition) is 6. The van der Waals surface area contributed by atoms with Crippen LogP contribution in [-0.4, -0.2) is 62.3 Å². The SMILES string of the molecule is O=S(=O)(OS(c1ccccc1)(c1c(O)cc(O)cc1O)c1c(O)cc(O)cc1O)C(F)(F)C(F)(F)C(F)(F)C(F)(F)F. The molecule has 0 saturated carbocycles. The molecule has 0 aliphatic heterocycles. The molecule has 3 rings (SSSR count). The minimum absolute atomic E-state index is 0.286. The largest absolute Gasteiger partial charge is 0.508 e. The maximum atomic E-state index is 14.9. The topological polar surface area (TPSA) is 165 Å². The van der Waals surface area contributed by atoms with Crippen LogP contribution in [0.3, 0.4) is 0 Å². The predicted octanol–water partition coefficient (Wildman–Crippen LogP) is 5.89. The quantitative estimate of drug-likeness (QED) is 0.162. The molecule has 0 aromatic heterocycles. The molecule has 0 saturated heterocycles. The highest BCUT2D eigenvalue weighted by atomic mass is 32.3. The third kappa shape index (κ3) is 4.81. The Morgan fingerprint density at radius 1 is 0.571 bits per heavy atom. The Balaban J connectivity index is 2.56. The molecular formula is C22H15F9O9S2. The molecule has 42 heavy (non-hydrogen) atoms. The van der Waals surface area contributed by atoms with Crippen molar-refractivity contribution in [2.75, 3.05) is 0 Å². The molecule has 6 N–H and O–H groups in total. The first-order valence-corrected chi connectivity index (χ1v) is 13.5. The van der Waals surface area contributed by atoms with Crippen molar-refractivity contribution in [1.82, 2.24) is 0 Å². The fraction of sp³-hybridized carbons (Fsp3) is 0.182. The van der Waals surface area contributed by atoms with Crippen molar-refractivity contribution < 1.29 is 82.2 Å². The van der Waals surface area contributed by atoms with Gasteiger partial charge in [0.1, 0.15) is 44.3 Å². The Kier molecular flexibility index (Phi) is 7.86. The second-order valence-electron chi connectivity index (χ2n) is 8.18. The van der Waals surface area contributed by atoms with Gasteiger partial charge in [0, 0.05) is 29.2 Å². The fourth-order valence-electron chi connectivity index (χ4n) is 3.51. The van der Waals surface area contributed by atoms with Gasteiger partial charge in [-0.05, 0) is 22.4 Å². The lowest BCUT2D eigenvalue weighted by atomic mass is 10.1. The molecule has 0 radical (unpaired) electrons. The van der Waals surface area contributed by atoms with Gasteiger partial charge in [0.15, 0.2) is 0 Å². The lowest BCUT2D eigenvalue weighted by Gasteiger charge is -2.41. The molecule has 0 spiro atoms. The van der Waals surface area contributed by atoms with Crippen molar-refractivity contribution in [3.05, 3.63) is 54.6 Å². The maximum Gasteiger partial charge on any atom is 0.460 e. The molecule has 0 amide bonds. The Morgan fingerprint density at radius 2 is 0.929 bits per heavy atom. The molecule has 0 fully saturated rings. The summed E-state index contributed by atoms with van der Waals surface area (Å²) in [6.45, 7) is 0. The summed E-state index contributed by atoms with van der Waals surface area (Å²) in [5, 5.41) is 54.2. The fourth-order valence-corrected chi connectivity index (χ4v) is 8.86. The number of rotatable bonds is 8. The van der Waals surface area contributed by atoms with Crippen LogP contribution in [0.4, 0.5) is 39.5 Å². The van der Waals surface area contributed by atoms with E-state index in [4.69, 9.17) is 0 Å². The van der Waals surface area contributed by atoms with E-state index in [1.165, 1.54) is 0 Å². The van der Waals surface area contributed by atoms with Crippen LogP contribution in [0.2, 0.25) is 0 Å². The number of alkyl halides is 9. The number of phenols is 6. The lowest BCUT2D eigenvalue weighted by Crippen LogP contribution is -2.63. The van der Waals surface area contributed by atoms with Gasteiger partial charge in [0.25, 0.3) is 0 Å². The van der Waals surface area contributed by atoms with Crippen molar-refractivity contribution in [2.45, 2.75) is 38.0 Å². The van der Waals surface area contributed by atoms with Gasteiger partial charge in [-0.1, -0.05) is 18.2 Å². The second kappa shape index (κ2) is 10.1. The summed E-state index contributed by atoms with van der Waals surface area (Å²) >= 11 is 0. The van der Waals surface area contributed by atoms with Crippen LogP contribution >= 0.6 is 10.3 Å². The minimum Gasteiger partial charge on any atom is -0.508 e. The highest BCUT2D eigenvalue weighted by Gasteiger charge is 2.86. The van der Waals surface area contributed by atoms with Crippen molar-refractivity contribution in [2.24, 2.45) is 0 Å². The van der Waals surface area contributed by atoms with Crippen LogP contribution in [0.1, 0.15) is 0 Å². The molecule has 3 aromatic carbocycles. The molecule has 3 aromatic rings. The molecule has 0 bridgehead atoms. The number of phenolic OH excluding ortho intramolecular Hbond substituents is 6. The van der Waals surface area contributed by atoms with Crippen LogP contribution in [0.5, 0.6) is 34.5 Å². The predicted molar refractivity (Wildman–Crippen MR) is 123 cm³/mol. The summed E-state index contributed by atoms with van der Waals surface area (Å²) in [7, 11) is -13.2.